The van der Waals surface area contributed by atoms with Gasteiger partial charge in [0.1, 0.15) is 5.75 Å². The molecule has 10 nitrogen and oxygen atoms in total. The largest absolute Gasteiger partial charge is 0.496 e. The Morgan fingerprint density at radius 3 is 2.37 bits per heavy atom. The summed E-state index contributed by atoms with van der Waals surface area (Å²) in [6.07, 6.45) is -0.0888. The number of nitrogens with two attached hydrogens (primary N) is 2. The Bertz CT molecular complexity index is 1830. The number of primary sulfonamides is 1. The molecule has 2 amide bonds. The summed E-state index contributed by atoms with van der Waals surface area (Å²) < 4.78 is 30.4. The van der Waals surface area contributed by atoms with Gasteiger partial charge in [-0.3, -0.25) is 9.59 Å². The molecule has 0 aliphatic carbocycles. The van der Waals surface area contributed by atoms with Crippen molar-refractivity contribution < 1.29 is 22.7 Å². The Kier molecular flexibility index (Phi) is 6.31. The van der Waals surface area contributed by atoms with Gasteiger partial charge in [0.25, 0.3) is 5.91 Å². The van der Waals surface area contributed by atoms with Crippen molar-refractivity contribution in [1.82, 2.24) is 9.78 Å². The number of rotatable bonds is 7. The molecule has 11 heteroatoms. The van der Waals surface area contributed by atoms with Crippen molar-refractivity contribution in [3.05, 3.63) is 90.1 Å². The molecule has 5 rings (SSSR count). The number of aromatic nitrogens is 2. The molecular formula is C27H23N5O5S. The number of nitrogens with one attached hydrogen (secondary N) is 1. The summed E-state index contributed by atoms with van der Waals surface area (Å²) in [4.78, 5) is 24.7. The number of hydrogen-bond acceptors (Lipinski definition) is 6. The van der Waals surface area contributed by atoms with Gasteiger partial charge in [0.2, 0.25) is 15.9 Å². The van der Waals surface area contributed by atoms with E-state index in [4.69, 9.17) is 15.6 Å². The predicted molar refractivity (Wildman–Crippen MR) is 144 cm³/mol. The Morgan fingerprint density at radius 1 is 0.974 bits per heavy atom. The van der Waals surface area contributed by atoms with Crippen LogP contribution in [0.25, 0.3) is 27.4 Å². The molecule has 0 spiro atoms. The first-order valence-electron chi connectivity index (χ1n) is 11.5. The van der Waals surface area contributed by atoms with Crippen LogP contribution in [-0.2, 0) is 21.2 Å². The van der Waals surface area contributed by atoms with E-state index in [2.05, 4.69) is 10.4 Å². The number of fused-ring (bicyclic) bond motifs is 3. The SMILES string of the molecule is COc1ccccc1C(=O)Nc1ccc2ccc3c(CC(N)=O)nn(-c4ccc(S(N)(=O)=O)cc4)c3c2c1. The highest BCUT2D eigenvalue weighted by atomic mass is 32.2. The zero-order valence-corrected chi connectivity index (χ0v) is 21.0. The maximum Gasteiger partial charge on any atom is 0.259 e. The molecule has 192 valence electrons. The fourth-order valence-corrected chi connectivity index (χ4v) is 4.87. The number of anilines is 1. The lowest BCUT2D eigenvalue weighted by atomic mass is 10.0. The van der Waals surface area contributed by atoms with Crippen molar-refractivity contribution in [2.75, 3.05) is 12.4 Å². The van der Waals surface area contributed by atoms with Crippen LogP contribution >= 0.6 is 0 Å². The summed E-state index contributed by atoms with van der Waals surface area (Å²) in [5.74, 6) is -0.431. The molecule has 0 unspecified atom stereocenters. The molecule has 0 saturated carbocycles. The van der Waals surface area contributed by atoms with Crippen molar-refractivity contribution in [1.29, 1.82) is 0 Å². The average molecular weight is 530 g/mol. The number of nitrogens with zero attached hydrogens (tertiary/aromatic N) is 2. The Hall–Kier alpha value is -4.74. The fraction of sp³-hybridized carbons (Fsp3) is 0.0741. The van der Waals surface area contributed by atoms with E-state index >= 15 is 0 Å². The van der Waals surface area contributed by atoms with Crippen LogP contribution in [0.2, 0.25) is 0 Å². The van der Waals surface area contributed by atoms with Gasteiger partial charge < -0.3 is 15.8 Å². The molecule has 0 radical (unpaired) electrons. The van der Waals surface area contributed by atoms with Crippen LogP contribution in [0.4, 0.5) is 5.69 Å². The van der Waals surface area contributed by atoms with E-state index in [1.54, 1.807) is 47.1 Å². The van der Waals surface area contributed by atoms with Crippen molar-refractivity contribution >= 4 is 49.2 Å². The number of sulfonamides is 1. The van der Waals surface area contributed by atoms with E-state index in [0.717, 1.165) is 10.8 Å². The molecule has 0 aliphatic rings. The van der Waals surface area contributed by atoms with Crippen LogP contribution in [-0.4, -0.2) is 37.1 Å². The third kappa shape index (κ3) is 4.67. The van der Waals surface area contributed by atoms with Gasteiger partial charge in [-0.15, -0.1) is 0 Å². The van der Waals surface area contributed by atoms with Crippen molar-refractivity contribution in [3.63, 3.8) is 0 Å². The number of methoxy groups -OCH3 is 1. The monoisotopic (exact) mass is 529 g/mol. The zero-order valence-electron chi connectivity index (χ0n) is 20.2. The van der Waals surface area contributed by atoms with Crippen LogP contribution in [0.3, 0.4) is 0 Å². The summed E-state index contributed by atoms with van der Waals surface area (Å²) in [6.45, 7) is 0. The van der Waals surface area contributed by atoms with Crippen LogP contribution in [0.1, 0.15) is 16.1 Å². The maximum absolute atomic E-state index is 13.0. The van der Waals surface area contributed by atoms with Crippen LogP contribution in [0.15, 0.2) is 83.8 Å². The van der Waals surface area contributed by atoms with Gasteiger partial charge in [-0.25, -0.2) is 18.2 Å². The van der Waals surface area contributed by atoms with Crippen LogP contribution in [0, 0.1) is 0 Å². The van der Waals surface area contributed by atoms with E-state index < -0.39 is 15.9 Å². The number of amides is 2. The quantitative estimate of drug-likeness (QED) is 0.294. The minimum atomic E-state index is -3.87. The third-order valence-electron chi connectivity index (χ3n) is 6.10. The number of ether oxygens (including phenoxy) is 1. The molecule has 0 saturated heterocycles. The number of para-hydroxylation sites is 1. The highest BCUT2D eigenvalue weighted by Gasteiger charge is 2.18. The molecule has 1 aromatic heterocycles. The summed E-state index contributed by atoms with van der Waals surface area (Å²) in [5.41, 5.74) is 8.08. The lowest BCUT2D eigenvalue weighted by molar-refractivity contribution is -0.117. The maximum atomic E-state index is 13.0. The number of carbonyl (C=O) groups excluding carboxylic acids is 2. The second-order valence-electron chi connectivity index (χ2n) is 8.59. The van der Waals surface area contributed by atoms with Gasteiger partial charge in [-0.2, -0.15) is 5.10 Å². The first-order valence-corrected chi connectivity index (χ1v) is 13.0. The van der Waals surface area contributed by atoms with E-state index in [1.165, 1.54) is 19.2 Å². The first-order chi connectivity index (χ1) is 18.2. The van der Waals surface area contributed by atoms with E-state index in [9.17, 15) is 18.0 Å². The molecular weight excluding hydrogens is 506 g/mol. The summed E-state index contributed by atoms with van der Waals surface area (Å²) >= 11 is 0. The average Bonchev–Trinajstić information content (AvgIpc) is 3.26. The van der Waals surface area contributed by atoms with Crippen molar-refractivity contribution in [3.8, 4) is 11.4 Å². The van der Waals surface area contributed by atoms with Crippen LogP contribution in [0.5, 0.6) is 5.75 Å². The number of carbonyl (C=O) groups is 2. The molecule has 0 aliphatic heterocycles. The lowest BCUT2D eigenvalue weighted by Gasteiger charge is -2.11. The minimum Gasteiger partial charge on any atom is -0.496 e. The second kappa shape index (κ2) is 9.61. The third-order valence-corrected chi connectivity index (χ3v) is 7.03. The Balaban J connectivity index is 1.66. The molecule has 1 heterocycles. The number of benzene rings is 4. The standard InChI is InChI=1S/C27H23N5O5S/c1-37-24-5-3-2-4-21(24)27(34)30-17-8-6-16-7-13-20-23(15-25(28)33)31-32(26(20)22(16)14-17)18-9-11-19(12-10-18)38(29,35)36/h2-14H,15H2,1H3,(H2,28,33)(H,30,34)(H2,29,35,36). The van der Waals surface area contributed by atoms with Gasteiger partial charge >= 0.3 is 0 Å². The minimum absolute atomic E-state index is 0.0405. The van der Waals surface area contributed by atoms with Gasteiger partial charge in [0.15, 0.2) is 0 Å². The number of primary amides is 1. The van der Waals surface area contributed by atoms with Gasteiger partial charge in [-0.05, 0) is 53.9 Å². The van der Waals surface area contributed by atoms with Crippen LogP contribution < -0.4 is 20.9 Å². The molecule has 5 N–H and O–H groups in total. The van der Waals surface area contributed by atoms with Crippen molar-refractivity contribution in [2.45, 2.75) is 11.3 Å². The smallest absolute Gasteiger partial charge is 0.259 e. The van der Waals surface area contributed by atoms with Crippen molar-refractivity contribution in [2.24, 2.45) is 10.9 Å². The summed E-state index contributed by atoms with van der Waals surface area (Å²) in [6, 6.07) is 22.0. The number of hydrogen-bond donors (Lipinski definition) is 3. The predicted octanol–water partition coefficient (Wildman–Crippen LogP) is 3.11. The molecule has 0 atom stereocenters. The van der Waals surface area contributed by atoms with Gasteiger partial charge in [0, 0.05) is 16.5 Å². The first kappa shape index (κ1) is 24.9. The van der Waals surface area contributed by atoms with Gasteiger partial charge in [-0.1, -0.05) is 30.3 Å². The fourth-order valence-electron chi connectivity index (χ4n) is 4.36. The Morgan fingerprint density at radius 2 is 1.68 bits per heavy atom. The topological polar surface area (TPSA) is 159 Å². The molecule has 0 fully saturated rings. The lowest BCUT2D eigenvalue weighted by Crippen LogP contribution is -2.14. The normalized spacial score (nSPS) is 11.5. The second-order valence-corrected chi connectivity index (χ2v) is 10.2. The Labute approximate surface area is 217 Å². The van der Waals surface area contributed by atoms with E-state index in [1.807, 2.05) is 24.3 Å². The van der Waals surface area contributed by atoms with E-state index in [0.29, 0.717) is 39.3 Å². The highest BCUT2D eigenvalue weighted by molar-refractivity contribution is 7.89. The van der Waals surface area contributed by atoms with E-state index in [-0.39, 0.29) is 17.2 Å². The van der Waals surface area contributed by atoms with Gasteiger partial charge in [0.05, 0.1) is 40.9 Å². The molecule has 4 aromatic carbocycles. The molecule has 0 bridgehead atoms. The highest BCUT2D eigenvalue weighted by Crippen LogP contribution is 2.32. The molecule has 5 aromatic rings. The summed E-state index contributed by atoms with van der Waals surface area (Å²) in [7, 11) is -2.38. The zero-order chi connectivity index (χ0) is 27.0. The molecule has 38 heavy (non-hydrogen) atoms. The summed E-state index contributed by atoms with van der Waals surface area (Å²) in [5, 5.41) is 15.1.